The van der Waals surface area contributed by atoms with Crippen LogP contribution in [0.2, 0.25) is 0 Å². The van der Waals surface area contributed by atoms with Gasteiger partial charge in [-0.1, -0.05) is 52.3 Å². The number of esters is 1. The second-order valence-corrected chi connectivity index (χ2v) is 10.1. The predicted octanol–water partition coefficient (Wildman–Crippen LogP) is 3.62. The van der Waals surface area contributed by atoms with Crippen molar-refractivity contribution < 1.29 is 19.1 Å². The minimum Gasteiger partial charge on any atom is -0.465 e. The molecule has 32 heavy (non-hydrogen) atoms. The van der Waals surface area contributed by atoms with Crippen LogP contribution in [0.5, 0.6) is 0 Å². The van der Waals surface area contributed by atoms with Gasteiger partial charge in [-0.25, -0.2) is 0 Å². The minimum atomic E-state index is -0.525. The molecule has 2 aliphatic rings. The van der Waals surface area contributed by atoms with Gasteiger partial charge in [0.25, 0.3) is 0 Å². The average Bonchev–Trinajstić information content (AvgIpc) is 2.75. The molecule has 3 rings (SSSR count). The summed E-state index contributed by atoms with van der Waals surface area (Å²) < 4.78 is 4.81. The van der Waals surface area contributed by atoms with E-state index in [0.29, 0.717) is 5.92 Å². The molecule has 0 aliphatic heterocycles. The molecule has 0 bridgehead atoms. The summed E-state index contributed by atoms with van der Waals surface area (Å²) in [6, 6.07) is 6.90. The number of ether oxygens (including phenoxy) is 1. The van der Waals surface area contributed by atoms with Crippen LogP contribution in [0.25, 0.3) is 0 Å². The van der Waals surface area contributed by atoms with Crippen LogP contribution in [0.15, 0.2) is 18.2 Å². The van der Waals surface area contributed by atoms with Gasteiger partial charge in [0.2, 0.25) is 11.8 Å². The molecule has 0 heterocycles. The third-order valence-corrected chi connectivity index (χ3v) is 7.71. The fourth-order valence-electron chi connectivity index (χ4n) is 5.95. The molecule has 0 aromatic heterocycles. The van der Waals surface area contributed by atoms with E-state index < -0.39 is 11.4 Å². The SMILES string of the molecule is CCOC(=O)CNC(=O)CNC(=O)[C@]1(C)CCC[C@]2(C)c3ccc(C(C)C)cc3CC[C@@H]12. The predicted molar refractivity (Wildman–Crippen MR) is 124 cm³/mol. The molecule has 3 atom stereocenters. The molecular weight excluding hydrogens is 404 g/mol. The van der Waals surface area contributed by atoms with Gasteiger partial charge in [-0.05, 0) is 66.5 Å². The summed E-state index contributed by atoms with van der Waals surface area (Å²) in [6.07, 6.45) is 4.85. The highest BCUT2D eigenvalue weighted by Crippen LogP contribution is 2.57. The van der Waals surface area contributed by atoms with Gasteiger partial charge < -0.3 is 15.4 Å². The van der Waals surface area contributed by atoms with E-state index in [1.54, 1.807) is 6.92 Å². The van der Waals surface area contributed by atoms with Gasteiger partial charge in [-0.15, -0.1) is 0 Å². The van der Waals surface area contributed by atoms with Crippen molar-refractivity contribution in [2.45, 2.75) is 78.1 Å². The molecule has 0 radical (unpaired) electrons. The number of carbonyl (C=O) groups excluding carboxylic acids is 3. The topological polar surface area (TPSA) is 84.5 Å². The Labute approximate surface area is 191 Å². The molecule has 176 valence electrons. The summed E-state index contributed by atoms with van der Waals surface area (Å²) in [6.45, 7) is 10.5. The van der Waals surface area contributed by atoms with Crippen molar-refractivity contribution in [2.24, 2.45) is 11.3 Å². The third-order valence-electron chi connectivity index (χ3n) is 7.71. The number of carbonyl (C=O) groups is 3. The van der Waals surface area contributed by atoms with Crippen LogP contribution >= 0.6 is 0 Å². The zero-order valence-corrected chi connectivity index (χ0v) is 20.2. The van der Waals surface area contributed by atoms with Crippen molar-refractivity contribution in [2.75, 3.05) is 19.7 Å². The number of hydrogen-bond acceptors (Lipinski definition) is 4. The Morgan fingerprint density at radius 3 is 2.56 bits per heavy atom. The van der Waals surface area contributed by atoms with Gasteiger partial charge in [-0.2, -0.15) is 0 Å². The smallest absolute Gasteiger partial charge is 0.325 e. The van der Waals surface area contributed by atoms with E-state index in [-0.39, 0.29) is 42.8 Å². The minimum absolute atomic E-state index is 0.0421. The van der Waals surface area contributed by atoms with Gasteiger partial charge in [0, 0.05) is 0 Å². The van der Waals surface area contributed by atoms with Crippen molar-refractivity contribution in [3.8, 4) is 0 Å². The molecule has 1 aromatic rings. The average molecular weight is 443 g/mol. The van der Waals surface area contributed by atoms with Crippen LogP contribution in [-0.4, -0.2) is 37.5 Å². The standard InChI is InChI=1S/C26H38N2O4/c1-6-32-23(30)16-27-22(29)15-28-24(31)26(5)13-7-12-25(4)20-10-8-18(17(2)3)14-19(20)9-11-21(25)26/h8,10,14,17,21H,6-7,9,11-13,15-16H2,1-5H3,(H,27,29)(H,28,31)/t21-,25-,26-/m1/s1. The highest BCUT2D eigenvalue weighted by molar-refractivity contribution is 5.89. The van der Waals surface area contributed by atoms with Gasteiger partial charge in [-0.3, -0.25) is 14.4 Å². The Balaban J connectivity index is 1.71. The van der Waals surface area contributed by atoms with Gasteiger partial charge in [0.05, 0.1) is 18.6 Å². The number of nitrogens with one attached hydrogen (secondary N) is 2. The lowest BCUT2D eigenvalue weighted by molar-refractivity contribution is -0.143. The maximum atomic E-state index is 13.3. The number of hydrogen-bond donors (Lipinski definition) is 2. The van der Waals surface area contributed by atoms with Crippen LogP contribution in [0.4, 0.5) is 0 Å². The number of amides is 2. The van der Waals surface area contributed by atoms with Crippen molar-refractivity contribution >= 4 is 17.8 Å². The first kappa shape index (κ1) is 24.3. The van der Waals surface area contributed by atoms with E-state index in [1.807, 2.05) is 0 Å². The maximum absolute atomic E-state index is 13.3. The Kier molecular flexibility index (Phi) is 7.31. The fourth-order valence-corrected chi connectivity index (χ4v) is 5.95. The van der Waals surface area contributed by atoms with E-state index in [4.69, 9.17) is 4.74 Å². The van der Waals surface area contributed by atoms with E-state index in [9.17, 15) is 14.4 Å². The van der Waals surface area contributed by atoms with Crippen LogP contribution < -0.4 is 10.6 Å². The van der Waals surface area contributed by atoms with E-state index in [0.717, 1.165) is 32.1 Å². The summed E-state index contributed by atoms with van der Waals surface area (Å²) in [7, 11) is 0. The zero-order chi connectivity index (χ0) is 23.5. The van der Waals surface area contributed by atoms with Gasteiger partial charge >= 0.3 is 5.97 Å². The molecule has 6 heteroatoms. The molecule has 0 spiro atoms. The van der Waals surface area contributed by atoms with Crippen LogP contribution in [0.1, 0.15) is 82.9 Å². The Morgan fingerprint density at radius 2 is 1.88 bits per heavy atom. The van der Waals surface area contributed by atoms with Crippen LogP contribution in [-0.2, 0) is 31.0 Å². The van der Waals surface area contributed by atoms with Gasteiger partial charge in [0.1, 0.15) is 6.54 Å². The second-order valence-electron chi connectivity index (χ2n) is 10.1. The molecule has 1 fully saturated rings. The van der Waals surface area contributed by atoms with E-state index >= 15 is 0 Å². The monoisotopic (exact) mass is 442 g/mol. The third kappa shape index (κ3) is 4.69. The Bertz CT molecular complexity index is 881. The van der Waals surface area contributed by atoms with Crippen molar-refractivity contribution in [1.29, 1.82) is 0 Å². The summed E-state index contributed by atoms with van der Waals surface area (Å²) >= 11 is 0. The summed E-state index contributed by atoms with van der Waals surface area (Å²) in [4.78, 5) is 36.9. The summed E-state index contributed by atoms with van der Waals surface area (Å²) in [5.41, 5.74) is 3.63. The van der Waals surface area contributed by atoms with Crippen molar-refractivity contribution in [1.82, 2.24) is 10.6 Å². The Hall–Kier alpha value is -2.37. The van der Waals surface area contributed by atoms with Gasteiger partial charge in [0.15, 0.2) is 0 Å². The maximum Gasteiger partial charge on any atom is 0.325 e. The normalized spacial score (nSPS) is 26.6. The van der Waals surface area contributed by atoms with Crippen LogP contribution in [0.3, 0.4) is 0 Å². The number of benzene rings is 1. The molecule has 2 N–H and O–H groups in total. The first-order valence-corrected chi connectivity index (χ1v) is 12.0. The lowest BCUT2D eigenvalue weighted by Gasteiger charge is -2.54. The summed E-state index contributed by atoms with van der Waals surface area (Å²) in [5, 5.41) is 5.34. The first-order valence-electron chi connectivity index (χ1n) is 12.0. The van der Waals surface area contributed by atoms with Crippen LogP contribution in [0, 0.1) is 11.3 Å². The molecule has 1 aromatic carbocycles. The van der Waals surface area contributed by atoms with E-state index in [2.05, 4.69) is 56.5 Å². The fraction of sp³-hybridized carbons (Fsp3) is 0.654. The number of fused-ring (bicyclic) bond motifs is 3. The molecule has 6 nitrogen and oxygen atoms in total. The zero-order valence-electron chi connectivity index (χ0n) is 20.2. The number of rotatable bonds is 7. The highest BCUT2D eigenvalue weighted by Gasteiger charge is 2.54. The lowest BCUT2D eigenvalue weighted by Crippen LogP contribution is -2.56. The molecule has 0 saturated heterocycles. The lowest BCUT2D eigenvalue weighted by atomic mass is 9.49. The number of aryl methyl sites for hydroxylation is 1. The molecule has 2 amide bonds. The quantitative estimate of drug-likeness (QED) is 0.632. The molecule has 2 aliphatic carbocycles. The second kappa shape index (κ2) is 9.63. The summed E-state index contributed by atoms with van der Waals surface area (Å²) in [5.74, 6) is -0.207. The van der Waals surface area contributed by atoms with E-state index in [1.165, 1.54) is 16.7 Å². The molecule has 0 unspecified atom stereocenters. The highest BCUT2D eigenvalue weighted by atomic mass is 16.5. The van der Waals surface area contributed by atoms with Crippen molar-refractivity contribution in [3.63, 3.8) is 0 Å². The molecule has 1 saturated carbocycles. The molecular formula is C26H38N2O4. The largest absolute Gasteiger partial charge is 0.465 e. The van der Waals surface area contributed by atoms with Crippen molar-refractivity contribution in [3.05, 3.63) is 34.9 Å². The first-order chi connectivity index (χ1) is 15.1. The Morgan fingerprint density at radius 1 is 1.12 bits per heavy atom.